The van der Waals surface area contributed by atoms with E-state index in [-0.39, 0.29) is 6.10 Å². The van der Waals surface area contributed by atoms with Crippen LogP contribution >= 0.6 is 0 Å². The van der Waals surface area contributed by atoms with E-state index in [0.29, 0.717) is 6.04 Å². The molecule has 0 aromatic heterocycles. The molecule has 19 heavy (non-hydrogen) atoms. The topological polar surface area (TPSA) is 21.3 Å². The van der Waals surface area contributed by atoms with Gasteiger partial charge in [0.1, 0.15) is 0 Å². The van der Waals surface area contributed by atoms with Crippen LogP contribution < -0.4 is 5.32 Å². The van der Waals surface area contributed by atoms with Gasteiger partial charge in [-0.05, 0) is 37.3 Å². The summed E-state index contributed by atoms with van der Waals surface area (Å²) < 4.78 is 5.81. The molecule has 1 aliphatic carbocycles. The summed E-state index contributed by atoms with van der Waals surface area (Å²) in [5, 5.41) is 3.51. The Bertz CT molecular complexity index is 357. The van der Waals surface area contributed by atoms with Crippen LogP contribution in [0.25, 0.3) is 0 Å². The van der Waals surface area contributed by atoms with Gasteiger partial charge in [-0.15, -0.1) is 0 Å². The smallest absolute Gasteiger partial charge is 0.0976 e. The molecule has 0 amide bonds. The lowest BCUT2D eigenvalue weighted by Crippen LogP contribution is -2.41. The molecule has 1 saturated carbocycles. The van der Waals surface area contributed by atoms with Gasteiger partial charge in [-0.1, -0.05) is 50.1 Å². The number of benzene rings is 1. The van der Waals surface area contributed by atoms with E-state index in [1.54, 1.807) is 0 Å². The molecule has 2 rings (SSSR count). The summed E-state index contributed by atoms with van der Waals surface area (Å²) in [4.78, 5) is 0. The van der Waals surface area contributed by atoms with Crippen molar-refractivity contribution < 1.29 is 4.74 Å². The van der Waals surface area contributed by atoms with Gasteiger partial charge in [0.25, 0.3) is 0 Å². The Labute approximate surface area is 117 Å². The van der Waals surface area contributed by atoms with E-state index < -0.39 is 0 Å². The van der Waals surface area contributed by atoms with E-state index in [1.807, 2.05) is 7.11 Å². The van der Waals surface area contributed by atoms with E-state index in [2.05, 4.69) is 49.6 Å². The summed E-state index contributed by atoms with van der Waals surface area (Å²) >= 11 is 0. The molecule has 2 atom stereocenters. The molecule has 0 bridgehead atoms. The normalized spacial score (nSPS) is 26.9. The first-order chi connectivity index (χ1) is 9.26. The Morgan fingerprint density at radius 1 is 1.11 bits per heavy atom. The van der Waals surface area contributed by atoms with Gasteiger partial charge in [-0.25, -0.2) is 0 Å². The molecule has 1 aliphatic rings. The molecular weight excluding hydrogens is 234 g/mol. The van der Waals surface area contributed by atoms with Crippen molar-refractivity contribution in [2.75, 3.05) is 14.2 Å². The minimum Gasteiger partial charge on any atom is -0.375 e. The van der Waals surface area contributed by atoms with E-state index in [0.717, 1.165) is 11.8 Å². The molecule has 2 heteroatoms. The Balaban J connectivity index is 2.10. The molecule has 106 valence electrons. The second kappa shape index (κ2) is 7.06. The molecule has 1 aromatic rings. The third kappa shape index (κ3) is 3.58. The summed E-state index contributed by atoms with van der Waals surface area (Å²) in [6, 6.07) is 11.0. The summed E-state index contributed by atoms with van der Waals surface area (Å²) in [6.45, 7) is 2.37. The minimum absolute atomic E-state index is 0.157. The van der Waals surface area contributed by atoms with Gasteiger partial charge in [-0.3, -0.25) is 0 Å². The maximum Gasteiger partial charge on any atom is 0.0976 e. The number of likely N-dealkylation sites (N-methyl/N-ethyl adjacent to an activating group) is 1. The molecule has 0 spiro atoms. The van der Waals surface area contributed by atoms with Crippen molar-refractivity contribution in [1.82, 2.24) is 5.32 Å². The summed E-state index contributed by atoms with van der Waals surface area (Å²) in [5.74, 6) is 1.62. The number of methoxy groups -OCH3 is 1. The van der Waals surface area contributed by atoms with E-state index in [1.165, 1.54) is 31.2 Å². The van der Waals surface area contributed by atoms with Gasteiger partial charge in [0.2, 0.25) is 0 Å². The number of rotatable bonds is 5. The zero-order chi connectivity index (χ0) is 13.7. The first-order valence-electron chi connectivity index (χ1n) is 7.51. The van der Waals surface area contributed by atoms with Crippen molar-refractivity contribution in [3.63, 3.8) is 0 Å². The third-order valence-corrected chi connectivity index (χ3v) is 4.61. The van der Waals surface area contributed by atoms with Crippen molar-refractivity contribution in [2.24, 2.45) is 11.8 Å². The quantitative estimate of drug-likeness (QED) is 0.870. The highest BCUT2D eigenvalue weighted by atomic mass is 16.5. The third-order valence-electron chi connectivity index (χ3n) is 4.61. The SMILES string of the molecule is CNC(C1CCC(C)CC1)C(OC)c1ccccc1. The molecule has 2 nitrogen and oxygen atoms in total. The van der Waals surface area contributed by atoms with Crippen LogP contribution in [-0.2, 0) is 4.74 Å². The Morgan fingerprint density at radius 3 is 2.26 bits per heavy atom. The molecule has 0 saturated heterocycles. The van der Waals surface area contributed by atoms with Crippen LogP contribution in [0.1, 0.15) is 44.3 Å². The summed E-state index contributed by atoms with van der Waals surface area (Å²) in [7, 11) is 3.89. The lowest BCUT2D eigenvalue weighted by Gasteiger charge is -2.36. The predicted octanol–water partition coefficient (Wildman–Crippen LogP) is 3.79. The van der Waals surface area contributed by atoms with Crippen LogP contribution in [0.3, 0.4) is 0 Å². The highest BCUT2D eigenvalue weighted by Crippen LogP contribution is 2.35. The zero-order valence-corrected chi connectivity index (χ0v) is 12.4. The summed E-state index contributed by atoms with van der Waals surface area (Å²) in [5.41, 5.74) is 1.28. The van der Waals surface area contributed by atoms with E-state index in [9.17, 15) is 0 Å². The van der Waals surface area contributed by atoms with Crippen molar-refractivity contribution in [3.05, 3.63) is 35.9 Å². The molecule has 0 heterocycles. The largest absolute Gasteiger partial charge is 0.375 e. The molecule has 1 N–H and O–H groups in total. The van der Waals surface area contributed by atoms with Crippen molar-refractivity contribution in [2.45, 2.75) is 44.8 Å². The molecule has 2 unspecified atom stereocenters. The van der Waals surface area contributed by atoms with Crippen molar-refractivity contribution in [3.8, 4) is 0 Å². The van der Waals surface area contributed by atoms with Gasteiger partial charge in [0, 0.05) is 13.2 Å². The Morgan fingerprint density at radius 2 is 1.74 bits per heavy atom. The van der Waals surface area contributed by atoms with Gasteiger partial charge in [0.05, 0.1) is 6.10 Å². The fourth-order valence-corrected chi connectivity index (χ4v) is 3.41. The van der Waals surface area contributed by atoms with Crippen LogP contribution in [0, 0.1) is 11.8 Å². The zero-order valence-electron chi connectivity index (χ0n) is 12.4. The maximum absolute atomic E-state index is 5.81. The minimum atomic E-state index is 0.157. The first-order valence-corrected chi connectivity index (χ1v) is 7.51. The average Bonchev–Trinajstić information content (AvgIpc) is 2.47. The number of hydrogen-bond donors (Lipinski definition) is 1. The predicted molar refractivity (Wildman–Crippen MR) is 80.2 cm³/mol. The van der Waals surface area contributed by atoms with Gasteiger partial charge >= 0.3 is 0 Å². The van der Waals surface area contributed by atoms with Crippen molar-refractivity contribution >= 4 is 0 Å². The number of ether oxygens (including phenoxy) is 1. The number of hydrogen-bond acceptors (Lipinski definition) is 2. The molecule has 0 aliphatic heterocycles. The fraction of sp³-hybridized carbons (Fsp3) is 0.647. The van der Waals surface area contributed by atoms with Crippen LogP contribution in [-0.4, -0.2) is 20.2 Å². The monoisotopic (exact) mass is 261 g/mol. The Hall–Kier alpha value is -0.860. The van der Waals surface area contributed by atoms with Gasteiger partial charge in [0.15, 0.2) is 0 Å². The highest BCUT2D eigenvalue weighted by Gasteiger charge is 2.31. The van der Waals surface area contributed by atoms with Gasteiger partial charge < -0.3 is 10.1 Å². The highest BCUT2D eigenvalue weighted by molar-refractivity contribution is 5.19. The van der Waals surface area contributed by atoms with Crippen LogP contribution in [0.4, 0.5) is 0 Å². The fourth-order valence-electron chi connectivity index (χ4n) is 3.41. The van der Waals surface area contributed by atoms with Gasteiger partial charge in [-0.2, -0.15) is 0 Å². The second-order valence-electron chi connectivity index (χ2n) is 5.90. The lowest BCUT2D eigenvalue weighted by atomic mass is 9.77. The Kier molecular flexibility index (Phi) is 5.41. The maximum atomic E-state index is 5.81. The van der Waals surface area contributed by atoms with E-state index in [4.69, 9.17) is 4.74 Å². The second-order valence-corrected chi connectivity index (χ2v) is 5.90. The molecular formula is C17H27NO. The molecule has 1 aromatic carbocycles. The van der Waals surface area contributed by atoms with Crippen LogP contribution in [0.15, 0.2) is 30.3 Å². The first kappa shape index (κ1) is 14.5. The lowest BCUT2D eigenvalue weighted by molar-refractivity contribution is 0.0380. The van der Waals surface area contributed by atoms with Crippen LogP contribution in [0.2, 0.25) is 0 Å². The van der Waals surface area contributed by atoms with Crippen LogP contribution in [0.5, 0.6) is 0 Å². The average molecular weight is 261 g/mol. The molecule has 1 fully saturated rings. The number of nitrogens with one attached hydrogen (secondary N) is 1. The molecule has 0 radical (unpaired) electrons. The summed E-state index contributed by atoms with van der Waals surface area (Å²) in [6.07, 6.45) is 5.51. The van der Waals surface area contributed by atoms with Crippen molar-refractivity contribution in [1.29, 1.82) is 0 Å². The standard InChI is InChI=1S/C17H27NO/c1-13-9-11-14(12-10-13)16(18-2)17(19-3)15-7-5-4-6-8-15/h4-8,13-14,16-18H,9-12H2,1-3H3. The van der Waals surface area contributed by atoms with E-state index >= 15 is 0 Å².